The summed E-state index contributed by atoms with van der Waals surface area (Å²) in [6.45, 7) is 7.69. The van der Waals surface area contributed by atoms with Gasteiger partial charge in [-0.2, -0.15) is 0 Å². The Labute approximate surface area is 143 Å². The molecule has 0 aliphatic carbocycles. The summed E-state index contributed by atoms with van der Waals surface area (Å²) in [4.78, 5) is 26.3. The third-order valence-electron chi connectivity index (χ3n) is 5.15. The molecule has 2 aliphatic rings. The first kappa shape index (κ1) is 17.0. The standard InChI is InChI=1S/C19H27N3O2/c1-4-16-19(24)22-11-15(9-17(22)18(23)21-16)20-10-13-5-7-14(8-6-13)12(2)3/h5-8,12,15-17,20H,4,9-11H2,1-3H3,(H,21,23)/t15-,16-,17-/m0/s1. The predicted octanol–water partition coefficient (Wildman–Crippen LogP) is 1.78. The van der Waals surface area contributed by atoms with Crippen LogP contribution in [0, 0.1) is 0 Å². The number of nitrogens with zero attached hydrogens (tertiary/aromatic N) is 1. The van der Waals surface area contributed by atoms with Crippen LogP contribution < -0.4 is 10.6 Å². The number of piperazine rings is 1. The number of carbonyl (C=O) groups excluding carboxylic acids is 2. The number of rotatable bonds is 5. The molecule has 24 heavy (non-hydrogen) atoms. The van der Waals surface area contributed by atoms with Gasteiger partial charge in [0.2, 0.25) is 11.8 Å². The Bertz CT molecular complexity index is 612. The molecule has 0 aromatic heterocycles. The maximum absolute atomic E-state index is 12.4. The first-order chi connectivity index (χ1) is 11.5. The zero-order chi connectivity index (χ0) is 17.3. The van der Waals surface area contributed by atoms with Crippen LogP contribution in [0.1, 0.15) is 50.7 Å². The molecule has 3 rings (SSSR count). The first-order valence-electron chi connectivity index (χ1n) is 8.92. The molecule has 1 aromatic carbocycles. The second kappa shape index (κ2) is 6.93. The molecule has 5 heteroatoms. The lowest BCUT2D eigenvalue weighted by atomic mass is 10.0. The molecule has 3 atom stereocenters. The molecule has 1 aromatic rings. The van der Waals surface area contributed by atoms with Gasteiger partial charge in [-0.15, -0.1) is 0 Å². The number of benzene rings is 1. The van der Waals surface area contributed by atoms with Gasteiger partial charge < -0.3 is 15.5 Å². The van der Waals surface area contributed by atoms with Gasteiger partial charge in [-0.3, -0.25) is 9.59 Å². The minimum absolute atomic E-state index is 0.00737. The Morgan fingerprint density at radius 2 is 1.96 bits per heavy atom. The SMILES string of the molecule is CC[C@@H]1NC(=O)[C@@H]2C[C@H](NCc3ccc(C(C)C)cc3)CN2C1=O. The number of carbonyl (C=O) groups is 2. The molecule has 0 saturated carbocycles. The minimum Gasteiger partial charge on any atom is -0.343 e. The number of hydrogen-bond donors (Lipinski definition) is 2. The van der Waals surface area contributed by atoms with Crippen molar-refractivity contribution in [3.8, 4) is 0 Å². The molecule has 2 aliphatic heterocycles. The highest BCUT2D eigenvalue weighted by Crippen LogP contribution is 2.24. The fourth-order valence-electron chi connectivity index (χ4n) is 3.57. The Morgan fingerprint density at radius 3 is 2.58 bits per heavy atom. The third kappa shape index (κ3) is 3.31. The molecule has 5 nitrogen and oxygen atoms in total. The van der Waals surface area contributed by atoms with E-state index in [9.17, 15) is 9.59 Å². The van der Waals surface area contributed by atoms with Crippen molar-refractivity contribution in [2.45, 2.75) is 64.2 Å². The van der Waals surface area contributed by atoms with Crippen LogP contribution in [0.2, 0.25) is 0 Å². The van der Waals surface area contributed by atoms with Crippen LogP contribution in [-0.4, -0.2) is 41.4 Å². The van der Waals surface area contributed by atoms with Crippen molar-refractivity contribution in [1.82, 2.24) is 15.5 Å². The average molecular weight is 329 g/mol. The number of fused-ring (bicyclic) bond motifs is 1. The van der Waals surface area contributed by atoms with Gasteiger partial charge in [0, 0.05) is 19.1 Å². The molecular formula is C19H27N3O2. The van der Waals surface area contributed by atoms with E-state index in [0.717, 1.165) is 6.54 Å². The van der Waals surface area contributed by atoms with Crippen LogP contribution in [0.5, 0.6) is 0 Å². The lowest BCUT2D eigenvalue weighted by Gasteiger charge is -2.33. The molecule has 0 unspecified atom stereocenters. The highest BCUT2D eigenvalue weighted by molar-refractivity contribution is 5.97. The van der Waals surface area contributed by atoms with Crippen LogP contribution >= 0.6 is 0 Å². The highest BCUT2D eigenvalue weighted by Gasteiger charge is 2.45. The molecule has 130 valence electrons. The van der Waals surface area contributed by atoms with Gasteiger partial charge in [0.25, 0.3) is 0 Å². The van der Waals surface area contributed by atoms with Crippen LogP contribution in [0.15, 0.2) is 24.3 Å². The second-order valence-electron chi connectivity index (χ2n) is 7.19. The summed E-state index contributed by atoms with van der Waals surface area (Å²) in [7, 11) is 0. The summed E-state index contributed by atoms with van der Waals surface area (Å²) in [5.41, 5.74) is 2.57. The fourth-order valence-corrected chi connectivity index (χ4v) is 3.57. The number of nitrogens with one attached hydrogen (secondary N) is 2. The molecule has 2 amide bonds. The number of amides is 2. The van der Waals surface area contributed by atoms with Crippen molar-refractivity contribution >= 4 is 11.8 Å². The lowest BCUT2D eigenvalue weighted by Crippen LogP contribution is -2.60. The largest absolute Gasteiger partial charge is 0.343 e. The van der Waals surface area contributed by atoms with Gasteiger partial charge in [0.1, 0.15) is 12.1 Å². The van der Waals surface area contributed by atoms with E-state index >= 15 is 0 Å². The molecule has 2 N–H and O–H groups in total. The van der Waals surface area contributed by atoms with Gasteiger partial charge in [0.15, 0.2) is 0 Å². The maximum atomic E-state index is 12.4. The Morgan fingerprint density at radius 1 is 1.25 bits per heavy atom. The summed E-state index contributed by atoms with van der Waals surface area (Å²) in [6.07, 6.45) is 1.34. The van der Waals surface area contributed by atoms with Crippen molar-refractivity contribution < 1.29 is 9.59 Å². The zero-order valence-corrected chi connectivity index (χ0v) is 14.7. The van der Waals surface area contributed by atoms with Crippen LogP contribution in [-0.2, 0) is 16.1 Å². The maximum Gasteiger partial charge on any atom is 0.245 e. The summed E-state index contributed by atoms with van der Waals surface area (Å²) < 4.78 is 0. The lowest BCUT2D eigenvalue weighted by molar-refractivity contribution is -0.147. The molecule has 0 spiro atoms. The van der Waals surface area contributed by atoms with Gasteiger partial charge in [-0.1, -0.05) is 45.0 Å². The van der Waals surface area contributed by atoms with E-state index in [1.807, 2.05) is 6.92 Å². The molecular weight excluding hydrogens is 302 g/mol. The monoisotopic (exact) mass is 329 g/mol. The average Bonchev–Trinajstić information content (AvgIpc) is 3.02. The van der Waals surface area contributed by atoms with Crippen molar-refractivity contribution in [2.24, 2.45) is 0 Å². The highest BCUT2D eigenvalue weighted by atomic mass is 16.2. The molecule has 2 heterocycles. The topological polar surface area (TPSA) is 61.4 Å². The van der Waals surface area contributed by atoms with E-state index < -0.39 is 0 Å². The van der Waals surface area contributed by atoms with Crippen molar-refractivity contribution in [3.63, 3.8) is 0 Å². The summed E-state index contributed by atoms with van der Waals surface area (Å²) in [5.74, 6) is 0.591. The molecule has 0 radical (unpaired) electrons. The Kier molecular flexibility index (Phi) is 4.90. The normalized spacial score (nSPS) is 26.7. The minimum atomic E-state index is -0.351. The van der Waals surface area contributed by atoms with Gasteiger partial charge in [-0.05, 0) is 29.9 Å². The molecule has 2 fully saturated rings. The van der Waals surface area contributed by atoms with E-state index in [1.54, 1.807) is 4.90 Å². The zero-order valence-electron chi connectivity index (χ0n) is 14.7. The quantitative estimate of drug-likeness (QED) is 0.866. The van der Waals surface area contributed by atoms with Crippen molar-refractivity contribution in [3.05, 3.63) is 35.4 Å². The second-order valence-corrected chi connectivity index (χ2v) is 7.19. The Hall–Kier alpha value is -1.88. The molecule has 2 saturated heterocycles. The summed E-state index contributed by atoms with van der Waals surface area (Å²) in [6, 6.07) is 8.15. The third-order valence-corrected chi connectivity index (χ3v) is 5.15. The fraction of sp³-hybridized carbons (Fsp3) is 0.579. The number of hydrogen-bond acceptors (Lipinski definition) is 3. The first-order valence-corrected chi connectivity index (χ1v) is 8.92. The summed E-state index contributed by atoms with van der Waals surface area (Å²) in [5, 5.41) is 6.34. The van der Waals surface area contributed by atoms with Gasteiger partial charge in [0.05, 0.1) is 0 Å². The smallest absolute Gasteiger partial charge is 0.245 e. The van der Waals surface area contributed by atoms with Gasteiger partial charge >= 0.3 is 0 Å². The van der Waals surface area contributed by atoms with Crippen LogP contribution in [0.3, 0.4) is 0 Å². The van der Waals surface area contributed by atoms with Gasteiger partial charge in [-0.25, -0.2) is 0 Å². The summed E-state index contributed by atoms with van der Waals surface area (Å²) >= 11 is 0. The predicted molar refractivity (Wildman–Crippen MR) is 93.5 cm³/mol. The van der Waals surface area contributed by atoms with Crippen molar-refractivity contribution in [2.75, 3.05) is 6.54 Å². The van der Waals surface area contributed by atoms with E-state index in [2.05, 4.69) is 48.7 Å². The van der Waals surface area contributed by atoms with Crippen LogP contribution in [0.25, 0.3) is 0 Å². The Balaban J connectivity index is 1.58. The van der Waals surface area contributed by atoms with E-state index in [-0.39, 0.29) is 29.9 Å². The van der Waals surface area contributed by atoms with E-state index in [1.165, 1.54) is 11.1 Å². The van der Waals surface area contributed by atoms with E-state index in [4.69, 9.17) is 0 Å². The van der Waals surface area contributed by atoms with Crippen LogP contribution in [0.4, 0.5) is 0 Å². The molecule has 0 bridgehead atoms. The van der Waals surface area contributed by atoms with E-state index in [0.29, 0.717) is 25.3 Å². The van der Waals surface area contributed by atoms with Crippen molar-refractivity contribution in [1.29, 1.82) is 0 Å².